The van der Waals surface area contributed by atoms with Crippen molar-refractivity contribution in [3.63, 3.8) is 0 Å². The Morgan fingerprint density at radius 1 is 1.26 bits per heavy atom. The van der Waals surface area contributed by atoms with Gasteiger partial charge in [-0.25, -0.2) is 14.0 Å². The number of rotatable bonds is 6. The van der Waals surface area contributed by atoms with Gasteiger partial charge in [0.25, 0.3) is 0 Å². The summed E-state index contributed by atoms with van der Waals surface area (Å²) >= 11 is 0. The average molecular weight is 372 g/mol. The topological polar surface area (TPSA) is 75.1 Å². The van der Waals surface area contributed by atoms with Gasteiger partial charge in [0.05, 0.1) is 18.9 Å². The van der Waals surface area contributed by atoms with Gasteiger partial charge in [-0.1, -0.05) is 0 Å². The zero-order chi connectivity index (χ0) is 20.2. The van der Waals surface area contributed by atoms with Gasteiger partial charge < -0.3 is 19.9 Å². The molecule has 0 bridgehead atoms. The molecule has 0 aliphatic heterocycles. The molecule has 6 nitrogen and oxygen atoms in total. The Hall–Kier alpha value is -3.27. The van der Waals surface area contributed by atoms with Crippen molar-refractivity contribution in [2.45, 2.75) is 33.3 Å². The van der Waals surface area contributed by atoms with Crippen molar-refractivity contribution in [1.82, 2.24) is 0 Å². The number of aryl methyl sites for hydroxylation is 1. The number of carbonyl (C=O) groups is 1. The summed E-state index contributed by atoms with van der Waals surface area (Å²) in [5.41, 5.74) is 5.25. The first-order chi connectivity index (χ1) is 12.7. The van der Waals surface area contributed by atoms with Gasteiger partial charge in [-0.15, -0.1) is 0 Å². The van der Waals surface area contributed by atoms with Gasteiger partial charge in [-0.3, -0.25) is 0 Å². The average Bonchev–Trinajstić information content (AvgIpc) is 2.59. The third-order valence-corrected chi connectivity index (χ3v) is 3.71. The van der Waals surface area contributed by atoms with Gasteiger partial charge in [-0.05, 0) is 63.6 Å². The number of esters is 1. The minimum Gasteiger partial charge on any atom is -0.476 e. The number of benzene rings is 2. The van der Waals surface area contributed by atoms with Crippen molar-refractivity contribution in [1.29, 1.82) is 0 Å². The number of carbonyl (C=O) groups excluding carboxylic acids is 1. The van der Waals surface area contributed by atoms with E-state index in [-0.39, 0.29) is 23.7 Å². The second kappa shape index (κ2) is 7.96. The van der Waals surface area contributed by atoms with E-state index in [1.807, 2.05) is 0 Å². The monoisotopic (exact) mass is 372 g/mol. The smallest absolute Gasteiger partial charge is 0.349 e. The summed E-state index contributed by atoms with van der Waals surface area (Å²) < 4.78 is 30.0. The Labute approximate surface area is 157 Å². The predicted molar refractivity (Wildman–Crippen MR) is 99.7 cm³/mol. The Balaban J connectivity index is 2.23. The van der Waals surface area contributed by atoms with Crippen molar-refractivity contribution in [3.05, 3.63) is 53.1 Å². The van der Waals surface area contributed by atoms with Gasteiger partial charge in [0, 0.05) is 0 Å². The first-order valence-electron chi connectivity index (χ1n) is 8.29. The summed E-state index contributed by atoms with van der Waals surface area (Å²) in [6.07, 6.45) is 0. The molecule has 0 spiro atoms. The first-order valence-corrected chi connectivity index (χ1v) is 8.29. The molecule has 2 aromatic rings. The Morgan fingerprint density at radius 2 is 1.96 bits per heavy atom. The van der Waals surface area contributed by atoms with E-state index in [4.69, 9.17) is 26.5 Å². The van der Waals surface area contributed by atoms with E-state index in [0.29, 0.717) is 11.5 Å². The first kappa shape index (κ1) is 20.0. The molecular weight excluding hydrogens is 351 g/mol. The number of anilines is 1. The Bertz CT molecular complexity index is 904. The summed E-state index contributed by atoms with van der Waals surface area (Å²) in [5.74, 6) is -0.0499. The molecule has 2 aromatic carbocycles. The molecule has 0 saturated carbocycles. The van der Waals surface area contributed by atoms with E-state index in [2.05, 4.69) is 4.85 Å². The highest BCUT2D eigenvalue weighted by atomic mass is 19.1. The van der Waals surface area contributed by atoms with Crippen molar-refractivity contribution < 1.29 is 23.4 Å². The molecule has 0 fully saturated rings. The molecule has 0 atom stereocenters. The lowest BCUT2D eigenvalue weighted by Gasteiger charge is -2.25. The third kappa shape index (κ3) is 4.67. The Morgan fingerprint density at radius 3 is 2.56 bits per heavy atom. The fourth-order valence-electron chi connectivity index (χ4n) is 2.28. The fourth-order valence-corrected chi connectivity index (χ4v) is 2.28. The molecule has 0 aromatic heterocycles. The number of halogens is 1. The number of nitrogens with two attached hydrogens (primary N) is 1. The number of ether oxygens (including phenoxy) is 3. The fraction of sp³-hybridized carbons (Fsp3) is 0.300. The maximum absolute atomic E-state index is 13.6. The van der Waals surface area contributed by atoms with Crippen LogP contribution >= 0.6 is 0 Å². The molecule has 0 saturated heterocycles. The number of nitrogen functional groups attached to an aromatic ring is 1. The highest BCUT2D eigenvalue weighted by molar-refractivity contribution is 5.79. The SMILES string of the molecule is [C-]#[N+]c1cc(Oc2ccc(OC(C)(C)C(=O)OCC)c(C)c2)c(N)cc1F. The molecule has 7 heteroatoms. The van der Waals surface area contributed by atoms with Gasteiger partial charge >= 0.3 is 5.97 Å². The Kier molecular flexibility index (Phi) is 5.91. The van der Waals surface area contributed by atoms with Crippen LogP contribution in [0.1, 0.15) is 26.3 Å². The molecular formula is C20H21FN2O4. The van der Waals surface area contributed by atoms with Gasteiger partial charge in [-0.2, -0.15) is 0 Å². The van der Waals surface area contributed by atoms with Crippen molar-refractivity contribution >= 4 is 17.3 Å². The molecule has 0 aliphatic carbocycles. The molecule has 27 heavy (non-hydrogen) atoms. The number of nitrogens with zero attached hydrogens (tertiary/aromatic N) is 1. The molecule has 0 amide bonds. The molecule has 2 rings (SSSR count). The van der Waals surface area contributed by atoms with Crippen LogP contribution in [0.2, 0.25) is 0 Å². The van der Waals surface area contributed by atoms with Crippen LogP contribution in [0.4, 0.5) is 15.8 Å². The van der Waals surface area contributed by atoms with E-state index in [0.717, 1.165) is 11.6 Å². The summed E-state index contributed by atoms with van der Waals surface area (Å²) in [5, 5.41) is 0. The van der Waals surface area contributed by atoms with Gasteiger partial charge in [0.15, 0.2) is 5.60 Å². The minimum atomic E-state index is -1.14. The second-order valence-electron chi connectivity index (χ2n) is 6.32. The quantitative estimate of drug-likeness (QED) is 0.449. The van der Waals surface area contributed by atoms with Gasteiger partial charge in [0.2, 0.25) is 5.69 Å². The van der Waals surface area contributed by atoms with Crippen LogP contribution in [0.3, 0.4) is 0 Å². The normalized spacial score (nSPS) is 10.8. The lowest BCUT2D eigenvalue weighted by atomic mass is 10.1. The maximum Gasteiger partial charge on any atom is 0.349 e. The zero-order valence-electron chi connectivity index (χ0n) is 15.6. The lowest BCUT2D eigenvalue weighted by molar-refractivity contribution is -0.158. The highest BCUT2D eigenvalue weighted by Gasteiger charge is 2.32. The molecule has 2 N–H and O–H groups in total. The van der Waals surface area contributed by atoms with E-state index in [1.165, 1.54) is 6.07 Å². The number of hydrogen-bond donors (Lipinski definition) is 1. The van der Waals surface area contributed by atoms with Crippen LogP contribution in [0, 0.1) is 19.3 Å². The van der Waals surface area contributed by atoms with E-state index in [1.54, 1.807) is 45.9 Å². The van der Waals surface area contributed by atoms with E-state index >= 15 is 0 Å². The summed E-state index contributed by atoms with van der Waals surface area (Å²) in [4.78, 5) is 15.1. The van der Waals surface area contributed by atoms with Crippen LogP contribution in [0.25, 0.3) is 4.85 Å². The van der Waals surface area contributed by atoms with Crippen molar-refractivity contribution in [2.24, 2.45) is 0 Å². The summed E-state index contributed by atoms with van der Waals surface area (Å²) in [6, 6.07) is 7.28. The van der Waals surface area contributed by atoms with Crippen LogP contribution in [-0.4, -0.2) is 18.2 Å². The van der Waals surface area contributed by atoms with Crippen LogP contribution in [-0.2, 0) is 9.53 Å². The standard InChI is InChI=1S/C20H21FN2O4/c1-6-25-19(24)20(3,4)27-17-8-7-13(9-12(17)2)26-18-11-16(23-5)14(21)10-15(18)22/h7-11H,6,22H2,1-4H3. The van der Waals surface area contributed by atoms with Crippen LogP contribution in [0.15, 0.2) is 30.3 Å². The van der Waals surface area contributed by atoms with E-state index in [9.17, 15) is 9.18 Å². The second-order valence-corrected chi connectivity index (χ2v) is 6.32. The van der Waals surface area contributed by atoms with Crippen molar-refractivity contribution in [2.75, 3.05) is 12.3 Å². The van der Waals surface area contributed by atoms with Crippen molar-refractivity contribution in [3.8, 4) is 17.2 Å². The zero-order valence-corrected chi connectivity index (χ0v) is 15.6. The third-order valence-electron chi connectivity index (χ3n) is 3.71. The van der Waals surface area contributed by atoms with Crippen LogP contribution in [0.5, 0.6) is 17.2 Å². The molecule has 0 unspecified atom stereocenters. The van der Waals surface area contributed by atoms with E-state index < -0.39 is 17.4 Å². The van der Waals surface area contributed by atoms with Gasteiger partial charge in [0.1, 0.15) is 23.1 Å². The maximum atomic E-state index is 13.6. The predicted octanol–water partition coefficient (Wildman–Crippen LogP) is 4.78. The summed E-state index contributed by atoms with van der Waals surface area (Å²) in [7, 11) is 0. The van der Waals surface area contributed by atoms with Crippen LogP contribution < -0.4 is 15.2 Å². The highest BCUT2D eigenvalue weighted by Crippen LogP contribution is 2.35. The lowest BCUT2D eigenvalue weighted by Crippen LogP contribution is -2.39. The molecule has 0 heterocycles. The number of hydrogen-bond acceptors (Lipinski definition) is 5. The summed E-state index contributed by atoms with van der Waals surface area (Å²) in [6.45, 7) is 14.0. The largest absolute Gasteiger partial charge is 0.476 e. The molecule has 0 radical (unpaired) electrons. The molecule has 142 valence electrons. The molecule has 0 aliphatic rings. The minimum absolute atomic E-state index is 0.0846.